The normalized spacial score (nSPS) is 23.0. The van der Waals surface area contributed by atoms with E-state index in [0.29, 0.717) is 13.1 Å². The lowest BCUT2D eigenvalue weighted by Crippen LogP contribution is -2.41. The van der Waals surface area contributed by atoms with E-state index in [1.54, 1.807) is 4.90 Å². The van der Waals surface area contributed by atoms with E-state index >= 15 is 0 Å². The Morgan fingerprint density at radius 3 is 2.45 bits per heavy atom. The summed E-state index contributed by atoms with van der Waals surface area (Å²) in [6.45, 7) is 17.2. The van der Waals surface area contributed by atoms with Crippen molar-refractivity contribution in [3.8, 4) is 0 Å². The molecule has 7 nitrogen and oxygen atoms in total. The number of carbonyl (C=O) groups is 1. The maximum absolute atomic E-state index is 12.5. The molecule has 1 aromatic carbocycles. The molecule has 31 heavy (non-hydrogen) atoms. The van der Waals surface area contributed by atoms with Crippen LogP contribution in [0.1, 0.15) is 66.8 Å². The number of aryl methyl sites for hydroxylation is 1. The van der Waals surface area contributed by atoms with E-state index in [2.05, 4.69) is 38.3 Å². The summed E-state index contributed by atoms with van der Waals surface area (Å²) in [5, 5.41) is 0. The van der Waals surface area contributed by atoms with E-state index in [-0.39, 0.29) is 23.3 Å². The number of amides is 1. The van der Waals surface area contributed by atoms with Crippen molar-refractivity contribution in [3.63, 3.8) is 0 Å². The first-order valence-electron chi connectivity index (χ1n) is 11.1. The van der Waals surface area contributed by atoms with Crippen LogP contribution in [-0.4, -0.2) is 57.6 Å². The second-order valence-corrected chi connectivity index (χ2v) is 10.7. The molecule has 168 valence electrons. The fourth-order valence-corrected chi connectivity index (χ4v) is 4.26. The molecule has 0 bridgehead atoms. The van der Waals surface area contributed by atoms with Crippen LogP contribution in [0.2, 0.25) is 0 Å². The van der Waals surface area contributed by atoms with Crippen LogP contribution in [0.25, 0.3) is 11.0 Å². The number of hydrogen-bond acceptors (Lipinski definition) is 5. The molecule has 2 aromatic rings. The van der Waals surface area contributed by atoms with Crippen molar-refractivity contribution < 1.29 is 18.8 Å². The van der Waals surface area contributed by atoms with Gasteiger partial charge in [-0.05, 0) is 79.4 Å². The summed E-state index contributed by atoms with van der Waals surface area (Å²) < 4.78 is 20.3. The molecule has 1 aromatic heterocycles. The van der Waals surface area contributed by atoms with Crippen LogP contribution in [0.3, 0.4) is 0 Å². The van der Waals surface area contributed by atoms with Gasteiger partial charge in [0.1, 0.15) is 11.4 Å². The Bertz CT molecular complexity index is 992. The lowest BCUT2D eigenvalue weighted by Gasteiger charge is -2.32. The number of benzene rings is 1. The van der Waals surface area contributed by atoms with E-state index in [1.165, 1.54) is 0 Å². The molecule has 0 aliphatic carbocycles. The summed E-state index contributed by atoms with van der Waals surface area (Å²) in [5.41, 5.74) is 1.69. The monoisotopic (exact) mass is 427 g/mol. The van der Waals surface area contributed by atoms with Gasteiger partial charge >= 0.3 is 13.2 Å². The molecule has 2 fully saturated rings. The highest BCUT2D eigenvalue weighted by Gasteiger charge is 2.51. The predicted molar refractivity (Wildman–Crippen MR) is 122 cm³/mol. The molecule has 8 heteroatoms. The Labute approximate surface area is 185 Å². The van der Waals surface area contributed by atoms with Gasteiger partial charge in [0.15, 0.2) is 0 Å². The molecule has 2 aliphatic rings. The topological polar surface area (TPSA) is 65.8 Å². The first kappa shape index (κ1) is 22.2. The van der Waals surface area contributed by atoms with Crippen LogP contribution in [-0.2, 0) is 14.0 Å². The van der Waals surface area contributed by atoms with Gasteiger partial charge in [0, 0.05) is 13.1 Å². The summed E-state index contributed by atoms with van der Waals surface area (Å²) in [6, 6.07) is 6.34. The third-order valence-electron chi connectivity index (χ3n) is 6.60. The average molecular weight is 427 g/mol. The SMILES string of the molecule is Cc1nc2ccc(B3OC(C)(C)C(C)(C)O3)cc2n1[C@H]1CCN(C(=O)OC(C)(C)C)C1. The van der Waals surface area contributed by atoms with E-state index in [0.717, 1.165) is 28.7 Å². The molecular formula is C23H34BN3O4. The zero-order valence-corrected chi connectivity index (χ0v) is 20.0. The number of ether oxygens (including phenoxy) is 1. The first-order chi connectivity index (χ1) is 14.3. The maximum atomic E-state index is 12.5. The molecule has 2 saturated heterocycles. The van der Waals surface area contributed by atoms with Gasteiger partial charge in [-0.25, -0.2) is 9.78 Å². The molecular weight excluding hydrogens is 393 g/mol. The maximum Gasteiger partial charge on any atom is 0.494 e. The quantitative estimate of drug-likeness (QED) is 0.682. The standard InChI is InChI=1S/C23H34BN3O4/c1-15-25-18-10-9-16(24-30-22(5,6)23(7,8)31-24)13-19(18)27(15)17-11-12-26(14-17)20(28)29-21(2,3)4/h9-10,13,17H,11-12,14H2,1-8H3/t17-/m0/s1. The Morgan fingerprint density at radius 1 is 1.19 bits per heavy atom. The number of likely N-dealkylation sites (tertiary alicyclic amines) is 1. The molecule has 0 N–H and O–H groups in total. The Balaban J connectivity index is 1.60. The Kier molecular flexibility index (Phi) is 5.17. The van der Waals surface area contributed by atoms with E-state index in [4.69, 9.17) is 19.0 Å². The fourth-order valence-electron chi connectivity index (χ4n) is 4.26. The van der Waals surface area contributed by atoms with E-state index < -0.39 is 12.7 Å². The highest BCUT2D eigenvalue weighted by atomic mass is 16.7. The Hall–Kier alpha value is -2.06. The summed E-state index contributed by atoms with van der Waals surface area (Å²) in [5.74, 6) is 0.942. The number of hydrogen-bond donors (Lipinski definition) is 0. The number of imidazole rings is 1. The van der Waals surface area contributed by atoms with E-state index in [9.17, 15) is 4.79 Å². The summed E-state index contributed by atoms with van der Waals surface area (Å²) in [4.78, 5) is 19.1. The minimum absolute atomic E-state index is 0.158. The summed E-state index contributed by atoms with van der Waals surface area (Å²) in [7, 11) is -0.417. The lowest BCUT2D eigenvalue weighted by atomic mass is 9.79. The molecule has 0 spiro atoms. The van der Waals surface area contributed by atoms with Gasteiger partial charge in [0.25, 0.3) is 0 Å². The lowest BCUT2D eigenvalue weighted by molar-refractivity contribution is 0.00578. The zero-order chi connectivity index (χ0) is 22.8. The molecule has 0 radical (unpaired) electrons. The van der Waals surface area contributed by atoms with Gasteiger partial charge < -0.3 is 23.5 Å². The van der Waals surface area contributed by atoms with Crippen molar-refractivity contribution in [1.82, 2.24) is 14.5 Å². The number of aromatic nitrogens is 2. The highest BCUT2D eigenvalue weighted by molar-refractivity contribution is 6.62. The van der Waals surface area contributed by atoms with Crippen LogP contribution in [0.5, 0.6) is 0 Å². The van der Waals surface area contributed by atoms with Gasteiger partial charge in [0.05, 0.1) is 28.3 Å². The predicted octanol–water partition coefficient (Wildman–Crippen LogP) is 3.83. The van der Waals surface area contributed by atoms with Crippen molar-refractivity contribution in [2.45, 2.75) is 84.7 Å². The van der Waals surface area contributed by atoms with Gasteiger partial charge in [-0.15, -0.1) is 0 Å². The average Bonchev–Trinajstić information content (AvgIpc) is 3.27. The fraction of sp³-hybridized carbons (Fsp3) is 0.652. The number of fused-ring (bicyclic) bond motifs is 1. The van der Waals surface area contributed by atoms with Crippen molar-refractivity contribution in [2.24, 2.45) is 0 Å². The first-order valence-corrected chi connectivity index (χ1v) is 11.1. The molecule has 4 rings (SSSR count). The molecule has 3 heterocycles. The van der Waals surface area contributed by atoms with Gasteiger partial charge in [-0.2, -0.15) is 0 Å². The molecule has 0 saturated carbocycles. The third kappa shape index (κ3) is 4.07. The smallest absolute Gasteiger partial charge is 0.444 e. The van der Waals surface area contributed by atoms with Crippen molar-refractivity contribution in [3.05, 3.63) is 24.0 Å². The third-order valence-corrected chi connectivity index (χ3v) is 6.60. The van der Waals surface area contributed by atoms with Gasteiger partial charge in [-0.3, -0.25) is 0 Å². The van der Waals surface area contributed by atoms with Crippen molar-refractivity contribution >= 4 is 29.7 Å². The van der Waals surface area contributed by atoms with Gasteiger partial charge in [0.2, 0.25) is 0 Å². The van der Waals surface area contributed by atoms with E-state index in [1.807, 2.05) is 39.8 Å². The van der Waals surface area contributed by atoms with Gasteiger partial charge in [-0.1, -0.05) is 6.07 Å². The molecule has 0 unspecified atom stereocenters. The minimum Gasteiger partial charge on any atom is -0.444 e. The molecule has 1 atom stereocenters. The summed E-state index contributed by atoms with van der Waals surface area (Å²) in [6.07, 6.45) is 0.613. The highest BCUT2D eigenvalue weighted by Crippen LogP contribution is 2.37. The van der Waals surface area contributed by atoms with Crippen LogP contribution in [0.15, 0.2) is 18.2 Å². The number of nitrogens with zero attached hydrogens (tertiary/aromatic N) is 3. The van der Waals surface area contributed by atoms with Crippen molar-refractivity contribution in [1.29, 1.82) is 0 Å². The van der Waals surface area contributed by atoms with Crippen LogP contribution in [0.4, 0.5) is 4.79 Å². The second kappa shape index (κ2) is 7.24. The molecule has 2 aliphatic heterocycles. The largest absolute Gasteiger partial charge is 0.494 e. The second-order valence-electron chi connectivity index (χ2n) is 10.7. The molecule has 1 amide bonds. The Morgan fingerprint density at radius 2 is 1.84 bits per heavy atom. The van der Waals surface area contributed by atoms with Crippen LogP contribution in [0, 0.1) is 6.92 Å². The number of carbonyl (C=O) groups excluding carboxylic acids is 1. The van der Waals surface area contributed by atoms with Crippen LogP contribution >= 0.6 is 0 Å². The number of rotatable bonds is 2. The zero-order valence-electron chi connectivity index (χ0n) is 20.0. The minimum atomic E-state index is -0.496. The van der Waals surface area contributed by atoms with Crippen LogP contribution < -0.4 is 5.46 Å². The summed E-state index contributed by atoms with van der Waals surface area (Å²) >= 11 is 0. The van der Waals surface area contributed by atoms with Crippen molar-refractivity contribution in [2.75, 3.05) is 13.1 Å².